The van der Waals surface area contributed by atoms with Gasteiger partial charge in [-0.2, -0.15) is 0 Å². The average Bonchev–Trinajstić information content (AvgIpc) is 3.00. The lowest BCUT2D eigenvalue weighted by atomic mass is 9.84. The number of rotatable bonds is 2. The van der Waals surface area contributed by atoms with E-state index >= 15 is 0 Å². The molecule has 4 nitrogen and oxygen atoms in total. The first-order valence-corrected chi connectivity index (χ1v) is 7.48. The number of thioether (sulfide) groups is 1. The van der Waals surface area contributed by atoms with E-state index in [4.69, 9.17) is 11.5 Å². The lowest BCUT2D eigenvalue weighted by molar-refractivity contribution is 0.264. The number of hydrogen-bond acceptors (Lipinski definition) is 5. The normalized spacial score (nSPS) is 37.9. The summed E-state index contributed by atoms with van der Waals surface area (Å²) < 4.78 is 27.5. The minimum atomic E-state index is -1.03. The third-order valence-electron chi connectivity index (χ3n) is 4.77. The van der Waals surface area contributed by atoms with E-state index in [0.29, 0.717) is 0 Å². The first-order valence-electron chi connectivity index (χ1n) is 6.66. The number of aliphatic imine (C=N–C) groups is 1. The predicted octanol–water partition coefficient (Wildman–Crippen LogP) is 1.82. The molecule has 0 spiro atoms. The highest BCUT2D eigenvalue weighted by molar-refractivity contribution is 8.15. The van der Waals surface area contributed by atoms with E-state index < -0.39 is 21.9 Å². The molecule has 114 valence electrons. The summed E-state index contributed by atoms with van der Waals surface area (Å²) in [5.41, 5.74) is 10.7. The maximum atomic E-state index is 14.3. The van der Waals surface area contributed by atoms with Gasteiger partial charge >= 0.3 is 0 Å². The molecule has 1 saturated carbocycles. The fourth-order valence-corrected chi connectivity index (χ4v) is 5.22. The molecule has 4 atom stereocenters. The summed E-state index contributed by atoms with van der Waals surface area (Å²) in [4.78, 5) is 4.38. The standard InChI is InChI=1S/C14H17F2N3OS/c1-6-11-13(2,19-12(18)21-14(6,11)5-20)8-3-7(17)4-9(15)10(8)16/h3-4,6,11,20H,5,17H2,1-2H3,(H2,18,19)/t6-,11-,13+,14-/m0/s1. The lowest BCUT2D eigenvalue weighted by Gasteiger charge is -2.33. The van der Waals surface area contributed by atoms with E-state index in [0.717, 1.165) is 6.07 Å². The zero-order valence-corrected chi connectivity index (χ0v) is 12.5. The van der Waals surface area contributed by atoms with Crippen molar-refractivity contribution in [1.29, 1.82) is 0 Å². The summed E-state index contributed by atoms with van der Waals surface area (Å²) in [5.74, 6) is -1.99. The Bertz CT molecular complexity index is 653. The van der Waals surface area contributed by atoms with Gasteiger partial charge in [0.1, 0.15) is 0 Å². The number of aliphatic hydroxyl groups excluding tert-OH is 1. The summed E-state index contributed by atoms with van der Waals surface area (Å²) >= 11 is 1.31. The van der Waals surface area contributed by atoms with Crippen molar-refractivity contribution < 1.29 is 13.9 Å². The molecule has 0 aromatic heterocycles. The molecular weight excluding hydrogens is 296 g/mol. The highest BCUT2D eigenvalue weighted by Gasteiger charge is 2.72. The molecule has 5 N–H and O–H groups in total. The minimum absolute atomic E-state index is 0.0816. The molecule has 1 fully saturated rings. The van der Waals surface area contributed by atoms with Crippen LogP contribution >= 0.6 is 11.8 Å². The number of fused-ring (bicyclic) bond motifs is 1. The largest absolute Gasteiger partial charge is 0.399 e. The second-order valence-corrected chi connectivity index (χ2v) is 7.33. The van der Waals surface area contributed by atoms with Gasteiger partial charge in [0, 0.05) is 17.2 Å². The van der Waals surface area contributed by atoms with Crippen molar-refractivity contribution in [1.82, 2.24) is 0 Å². The number of nitrogens with two attached hydrogens (primary N) is 2. The summed E-state index contributed by atoms with van der Waals surface area (Å²) in [6.45, 7) is 3.60. The number of aliphatic hydroxyl groups is 1. The van der Waals surface area contributed by atoms with Gasteiger partial charge in [-0.3, -0.25) is 4.99 Å². The van der Waals surface area contributed by atoms with E-state index in [9.17, 15) is 13.9 Å². The molecule has 1 aromatic rings. The fourth-order valence-electron chi connectivity index (χ4n) is 3.72. The van der Waals surface area contributed by atoms with E-state index in [1.807, 2.05) is 6.92 Å². The van der Waals surface area contributed by atoms with Crippen LogP contribution in [0.5, 0.6) is 0 Å². The van der Waals surface area contributed by atoms with Crippen LogP contribution in [0.25, 0.3) is 0 Å². The number of hydrogen-bond donors (Lipinski definition) is 3. The second kappa shape index (κ2) is 4.33. The van der Waals surface area contributed by atoms with Crippen LogP contribution in [0.2, 0.25) is 0 Å². The number of nitrogens with zero attached hydrogens (tertiary/aromatic N) is 1. The van der Waals surface area contributed by atoms with Gasteiger partial charge in [-0.15, -0.1) is 0 Å². The van der Waals surface area contributed by atoms with Gasteiger partial charge in [-0.25, -0.2) is 8.78 Å². The zero-order valence-electron chi connectivity index (χ0n) is 11.7. The summed E-state index contributed by atoms with van der Waals surface area (Å²) in [6, 6.07) is 2.35. The van der Waals surface area contributed by atoms with Gasteiger partial charge in [0.25, 0.3) is 0 Å². The SMILES string of the molecule is C[C@H]1[C@@H]2[C@@]1(CO)SC(N)=N[C@]2(C)c1cc(N)cc(F)c1F. The van der Waals surface area contributed by atoms with Crippen molar-refractivity contribution in [3.8, 4) is 0 Å². The zero-order chi connectivity index (χ0) is 15.6. The third kappa shape index (κ3) is 1.80. The third-order valence-corrected chi connectivity index (χ3v) is 6.21. The van der Waals surface area contributed by atoms with Crippen molar-refractivity contribution in [2.75, 3.05) is 12.3 Å². The molecule has 21 heavy (non-hydrogen) atoms. The van der Waals surface area contributed by atoms with Crippen LogP contribution in [0, 0.1) is 23.5 Å². The lowest BCUT2D eigenvalue weighted by Crippen LogP contribution is -2.37. The smallest absolute Gasteiger partial charge is 0.164 e. The van der Waals surface area contributed by atoms with Crippen molar-refractivity contribution in [2.24, 2.45) is 22.6 Å². The number of benzene rings is 1. The van der Waals surface area contributed by atoms with Crippen LogP contribution in [0.1, 0.15) is 19.4 Å². The average molecular weight is 313 g/mol. The van der Waals surface area contributed by atoms with E-state index in [-0.39, 0.29) is 34.9 Å². The minimum Gasteiger partial charge on any atom is -0.399 e. The van der Waals surface area contributed by atoms with Crippen LogP contribution in [0.15, 0.2) is 17.1 Å². The molecule has 0 radical (unpaired) electrons. The van der Waals surface area contributed by atoms with Crippen LogP contribution in [-0.2, 0) is 5.54 Å². The molecule has 1 aromatic carbocycles. The van der Waals surface area contributed by atoms with E-state index in [2.05, 4.69) is 4.99 Å². The number of nitrogen functional groups attached to an aromatic ring is 1. The van der Waals surface area contributed by atoms with Gasteiger partial charge in [-0.05, 0) is 25.0 Å². The molecule has 1 aliphatic carbocycles. The quantitative estimate of drug-likeness (QED) is 0.727. The molecule has 0 bridgehead atoms. The van der Waals surface area contributed by atoms with E-state index in [1.165, 1.54) is 17.8 Å². The monoisotopic (exact) mass is 313 g/mol. The van der Waals surface area contributed by atoms with Gasteiger partial charge in [0.05, 0.1) is 16.9 Å². The molecule has 2 aliphatic rings. The topological polar surface area (TPSA) is 84.6 Å². The van der Waals surface area contributed by atoms with E-state index in [1.54, 1.807) is 6.92 Å². The Morgan fingerprint density at radius 1 is 1.38 bits per heavy atom. The molecule has 3 rings (SSSR count). The molecule has 1 heterocycles. The number of anilines is 1. The van der Waals surface area contributed by atoms with Gasteiger partial charge in [-0.1, -0.05) is 18.7 Å². The molecule has 1 aliphatic heterocycles. The molecule has 7 heteroatoms. The van der Waals surface area contributed by atoms with Gasteiger partial charge < -0.3 is 16.6 Å². The highest BCUT2D eigenvalue weighted by atomic mass is 32.2. The molecule has 0 saturated heterocycles. The molecular formula is C14H17F2N3OS. The van der Waals surface area contributed by atoms with Crippen LogP contribution in [0.4, 0.5) is 14.5 Å². The fraction of sp³-hybridized carbons (Fsp3) is 0.500. The van der Waals surface area contributed by atoms with Crippen molar-refractivity contribution in [3.63, 3.8) is 0 Å². The predicted molar refractivity (Wildman–Crippen MR) is 79.8 cm³/mol. The summed E-state index contributed by atoms with van der Waals surface area (Å²) in [6.07, 6.45) is 0. The Labute approximate surface area is 125 Å². The Hall–Kier alpha value is -1.34. The Morgan fingerprint density at radius 3 is 2.67 bits per heavy atom. The Balaban J connectivity index is 2.19. The number of halogens is 2. The first kappa shape index (κ1) is 14.6. The van der Waals surface area contributed by atoms with Crippen molar-refractivity contribution in [2.45, 2.75) is 24.1 Å². The van der Waals surface area contributed by atoms with Gasteiger partial charge in [0.15, 0.2) is 16.8 Å². The maximum Gasteiger partial charge on any atom is 0.164 e. The Kier molecular flexibility index (Phi) is 3.01. The van der Waals surface area contributed by atoms with Crippen LogP contribution in [-0.4, -0.2) is 21.6 Å². The van der Waals surface area contributed by atoms with Crippen LogP contribution < -0.4 is 11.5 Å². The van der Waals surface area contributed by atoms with Crippen molar-refractivity contribution >= 4 is 22.6 Å². The van der Waals surface area contributed by atoms with Crippen molar-refractivity contribution in [3.05, 3.63) is 29.3 Å². The second-order valence-electron chi connectivity index (χ2n) is 5.94. The van der Waals surface area contributed by atoms with Crippen LogP contribution in [0.3, 0.4) is 0 Å². The number of amidine groups is 1. The highest BCUT2D eigenvalue weighted by Crippen LogP contribution is 2.69. The summed E-state index contributed by atoms with van der Waals surface area (Å²) in [5, 5.41) is 9.99. The molecule has 0 unspecified atom stereocenters. The maximum absolute atomic E-state index is 14.3. The molecule has 0 amide bonds. The Morgan fingerprint density at radius 2 is 2.05 bits per heavy atom. The van der Waals surface area contributed by atoms with Gasteiger partial charge in [0.2, 0.25) is 0 Å². The summed E-state index contributed by atoms with van der Waals surface area (Å²) in [7, 11) is 0. The first-order chi connectivity index (χ1) is 9.76.